The van der Waals surface area contributed by atoms with E-state index in [2.05, 4.69) is 5.32 Å². The molecule has 0 aromatic heterocycles. The molecular weight excluding hydrogens is 326 g/mol. The molecule has 0 spiro atoms. The maximum Gasteiger partial charge on any atom is 0.322 e. The van der Waals surface area contributed by atoms with E-state index >= 15 is 0 Å². The van der Waals surface area contributed by atoms with Crippen molar-refractivity contribution in [2.45, 2.75) is 6.92 Å². The van der Waals surface area contributed by atoms with Crippen molar-refractivity contribution in [1.29, 1.82) is 0 Å². The Morgan fingerprint density at radius 2 is 1.76 bits per heavy atom. The molecule has 1 saturated heterocycles. The minimum Gasteiger partial charge on any atom is -0.484 e. The molecule has 2 rings (SSSR count). The highest BCUT2D eigenvalue weighted by atomic mass is 16.5. The summed E-state index contributed by atoms with van der Waals surface area (Å²) >= 11 is 0. The number of nitrogens with one attached hydrogen (secondary N) is 1. The largest absolute Gasteiger partial charge is 0.484 e. The van der Waals surface area contributed by atoms with Gasteiger partial charge in [0.25, 0.3) is 5.91 Å². The first-order valence-electron chi connectivity index (χ1n) is 8.12. The van der Waals surface area contributed by atoms with E-state index in [4.69, 9.17) is 9.84 Å². The SMILES string of the molecule is Cc1ccc(OCC(=O)N2CCN(CC(=O)NCC(=O)O)CC2)cc1. The van der Waals surface area contributed by atoms with Crippen molar-refractivity contribution in [1.82, 2.24) is 15.1 Å². The monoisotopic (exact) mass is 349 g/mol. The Morgan fingerprint density at radius 1 is 1.12 bits per heavy atom. The van der Waals surface area contributed by atoms with Gasteiger partial charge in [0, 0.05) is 26.2 Å². The zero-order valence-corrected chi connectivity index (χ0v) is 14.2. The second kappa shape index (κ2) is 9.03. The number of rotatable bonds is 7. The Morgan fingerprint density at radius 3 is 2.36 bits per heavy atom. The molecule has 1 aliphatic rings. The third-order valence-corrected chi connectivity index (χ3v) is 3.91. The summed E-state index contributed by atoms with van der Waals surface area (Å²) in [6.07, 6.45) is 0. The maximum atomic E-state index is 12.2. The first kappa shape index (κ1) is 18.7. The molecule has 0 saturated carbocycles. The summed E-state index contributed by atoms with van der Waals surface area (Å²) in [5.74, 6) is -0.828. The van der Waals surface area contributed by atoms with Crippen molar-refractivity contribution >= 4 is 17.8 Å². The van der Waals surface area contributed by atoms with Crippen molar-refractivity contribution < 1.29 is 24.2 Å². The number of carboxylic acids is 1. The number of benzene rings is 1. The number of ether oxygens (including phenoxy) is 1. The Kier molecular flexibility index (Phi) is 6.76. The van der Waals surface area contributed by atoms with Crippen LogP contribution in [0.15, 0.2) is 24.3 Å². The van der Waals surface area contributed by atoms with Crippen LogP contribution in [0.1, 0.15) is 5.56 Å². The van der Waals surface area contributed by atoms with Gasteiger partial charge in [-0.05, 0) is 19.1 Å². The molecule has 0 atom stereocenters. The number of nitrogens with zero attached hydrogens (tertiary/aromatic N) is 2. The molecule has 0 unspecified atom stereocenters. The van der Waals surface area contributed by atoms with E-state index in [9.17, 15) is 14.4 Å². The van der Waals surface area contributed by atoms with E-state index < -0.39 is 5.97 Å². The van der Waals surface area contributed by atoms with E-state index in [0.29, 0.717) is 31.9 Å². The molecule has 0 bridgehead atoms. The lowest BCUT2D eigenvalue weighted by molar-refractivity contribution is -0.138. The minimum atomic E-state index is -1.07. The van der Waals surface area contributed by atoms with E-state index in [1.165, 1.54) is 0 Å². The smallest absolute Gasteiger partial charge is 0.322 e. The van der Waals surface area contributed by atoms with Gasteiger partial charge < -0.3 is 20.1 Å². The highest BCUT2D eigenvalue weighted by molar-refractivity contribution is 5.82. The van der Waals surface area contributed by atoms with Crippen LogP contribution < -0.4 is 10.1 Å². The van der Waals surface area contributed by atoms with Gasteiger partial charge in [0.15, 0.2) is 6.61 Å². The number of carbonyl (C=O) groups excluding carboxylic acids is 2. The third kappa shape index (κ3) is 6.42. The number of amides is 2. The molecule has 25 heavy (non-hydrogen) atoms. The summed E-state index contributed by atoms with van der Waals surface area (Å²) in [4.78, 5) is 37.8. The Balaban J connectivity index is 1.68. The van der Waals surface area contributed by atoms with Crippen LogP contribution in [0, 0.1) is 6.92 Å². The van der Waals surface area contributed by atoms with E-state index in [1.807, 2.05) is 36.1 Å². The number of aryl methyl sites for hydroxylation is 1. The second-order valence-corrected chi connectivity index (χ2v) is 5.93. The Bertz CT molecular complexity index is 609. The summed E-state index contributed by atoms with van der Waals surface area (Å²) in [7, 11) is 0. The lowest BCUT2D eigenvalue weighted by atomic mass is 10.2. The molecule has 1 aromatic rings. The van der Waals surface area contributed by atoms with Crippen LogP contribution in [-0.4, -0.2) is 78.6 Å². The fraction of sp³-hybridized carbons (Fsp3) is 0.471. The molecule has 2 N–H and O–H groups in total. The Hall–Kier alpha value is -2.61. The summed E-state index contributed by atoms with van der Waals surface area (Å²) in [5, 5.41) is 10.9. The molecule has 1 fully saturated rings. The number of hydrogen-bond donors (Lipinski definition) is 2. The standard InChI is InChI=1S/C17H23N3O5/c1-13-2-4-14(5-3-13)25-12-16(22)20-8-6-19(7-9-20)11-15(21)18-10-17(23)24/h2-5H,6-12H2,1H3,(H,18,21)(H,23,24). The Labute approximate surface area is 146 Å². The van der Waals surface area contributed by atoms with E-state index in [1.54, 1.807) is 4.90 Å². The predicted octanol–water partition coefficient (Wildman–Crippen LogP) is -0.281. The van der Waals surface area contributed by atoms with Gasteiger partial charge in [-0.15, -0.1) is 0 Å². The van der Waals surface area contributed by atoms with Gasteiger partial charge in [0.05, 0.1) is 6.54 Å². The van der Waals surface area contributed by atoms with Crippen LogP contribution in [0.2, 0.25) is 0 Å². The van der Waals surface area contributed by atoms with Crippen molar-refractivity contribution in [2.24, 2.45) is 0 Å². The predicted molar refractivity (Wildman–Crippen MR) is 90.3 cm³/mol. The lowest BCUT2D eigenvalue weighted by Gasteiger charge is -2.34. The molecule has 2 amide bonds. The quantitative estimate of drug-likeness (QED) is 0.702. The summed E-state index contributed by atoms with van der Waals surface area (Å²) in [6, 6.07) is 7.51. The summed E-state index contributed by atoms with van der Waals surface area (Å²) in [6.45, 7) is 3.89. The lowest BCUT2D eigenvalue weighted by Crippen LogP contribution is -2.52. The number of carboxylic acid groups (broad SMARTS) is 1. The van der Waals surface area contributed by atoms with Gasteiger partial charge in [0.1, 0.15) is 12.3 Å². The molecule has 8 nitrogen and oxygen atoms in total. The summed E-state index contributed by atoms with van der Waals surface area (Å²) < 4.78 is 5.50. The minimum absolute atomic E-state index is 0.0117. The van der Waals surface area contributed by atoms with Crippen LogP contribution in [-0.2, 0) is 14.4 Å². The van der Waals surface area contributed by atoms with Crippen molar-refractivity contribution in [3.8, 4) is 5.75 Å². The second-order valence-electron chi connectivity index (χ2n) is 5.93. The molecule has 1 aromatic carbocycles. The van der Waals surface area contributed by atoms with Crippen LogP contribution in [0.25, 0.3) is 0 Å². The van der Waals surface area contributed by atoms with Gasteiger partial charge in [-0.25, -0.2) is 0 Å². The molecule has 0 aliphatic carbocycles. The maximum absolute atomic E-state index is 12.2. The molecule has 1 aliphatic heterocycles. The van der Waals surface area contributed by atoms with Crippen LogP contribution >= 0.6 is 0 Å². The zero-order chi connectivity index (χ0) is 18.2. The topological polar surface area (TPSA) is 99.2 Å². The zero-order valence-electron chi connectivity index (χ0n) is 14.2. The molecular formula is C17H23N3O5. The van der Waals surface area contributed by atoms with Gasteiger partial charge >= 0.3 is 5.97 Å². The van der Waals surface area contributed by atoms with Crippen LogP contribution in [0.4, 0.5) is 0 Å². The summed E-state index contributed by atoms with van der Waals surface area (Å²) in [5.41, 5.74) is 1.13. The highest BCUT2D eigenvalue weighted by Crippen LogP contribution is 2.11. The molecule has 136 valence electrons. The molecule has 8 heteroatoms. The van der Waals surface area contributed by atoms with Gasteiger partial charge in [0.2, 0.25) is 5.91 Å². The van der Waals surface area contributed by atoms with Gasteiger partial charge in [-0.2, -0.15) is 0 Å². The first-order chi connectivity index (χ1) is 11.9. The van der Waals surface area contributed by atoms with Crippen LogP contribution in [0.3, 0.4) is 0 Å². The van der Waals surface area contributed by atoms with Crippen molar-refractivity contribution in [3.63, 3.8) is 0 Å². The number of carbonyl (C=O) groups is 3. The number of piperazine rings is 1. The van der Waals surface area contributed by atoms with Gasteiger partial charge in [-0.1, -0.05) is 17.7 Å². The fourth-order valence-electron chi connectivity index (χ4n) is 2.46. The number of aliphatic carboxylic acids is 1. The van der Waals surface area contributed by atoms with Crippen molar-refractivity contribution in [2.75, 3.05) is 45.9 Å². The molecule has 0 radical (unpaired) electrons. The highest BCUT2D eigenvalue weighted by Gasteiger charge is 2.22. The fourth-order valence-corrected chi connectivity index (χ4v) is 2.46. The number of hydrogen-bond acceptors (Lipinski definition) is 5. The third-order valence-electron chi connectivity index (χ3n) is 3.91. The normalized spacial score (nSPS) is 14.8. The first-order valence-corrected chi connectivity index (χ1v) is 8.12. The average Bonchev–Trinajstić information content (AvgIpc) is 2.60. The van der Waals surface area contributed by atoms with Crippen LogP contribution in [0.5, 0.6) is 5.75 Å². The molecule has 1 heterocycles. The average molecular weight is 349 g/mol. The van der Waals surface area contributed by atoms with Crippen molar-refractivity contribution in [3.05, 3.63) is 29.8 Å². The van der Waals surface area contributed by atoms with E-state index in [-0.39, 0.29) is 31.5 Å². The van der Waals surface area contributed by atoms with Gasteiger partial charge in [-0.3, -0.25) is 19.3 Å². The van der Waals surface area contributed by atoms with E-state index in [0.717, 1.165) is 5.56 Å².